The molecule has 0 spiro atoms. The number of halogens is 2. The van der Waals surface area contributed by atoms with Gasteiger partial charge in [0.1, 0.15) is 5.82 Å². The van der Waals surface area contributed by atoms with Gasteiger partial charge in [-0.1, -0.05) is 0 Å². The number of thiophene rings is 1. The highest BCUT2D eigenvalue weighted by atomic mass is 79.9. The Bertz CT molecular complexity index is 524. The Hall–Kier alpha value is -1.20. The molecule has 2 rings (SSSR count). The highest BCUT2D eigenvalue weighted by molar-refractivity contribution is 9.11. The molecule has 0 radical (unpaired) electrons. The maximum absolute atomic E-state index is 12.7. The van der Waals surface area contributed by atoms with Gasteiger partial charge in [-0.05, 0) is 57.2 Å². The summed E-state index contributed by atoms with van der Waals surface area (Å²) in [6.07, 6.45) is 0. The number of nitrogens with one attached hydrogen (secondary N) is 1. The van der Waals surface area contributed by atoms with Gasteiger partial charge in [0, 0.05) is 12.1 Å². The molecule has 0 saturated carbocycles. The van der Waals surface area contributed by atoms with Crippen LogP contribution in [0.4, 0.5) is 4.39 Å². The van der Waals surface area contributed by atoms with Crippen molar-refractivity contribution in [2.45, 2.75) is 6.54 Å². The Morgan fingerprint density at radius 3 is 2.65 bits per heavy atom. The molecule has 2 nitrogen and oxygen atoms in total. The number of benzene rings is 1. The summed E-state index contributed by atoms with van der Waals surface area (Å²) in [5, 5.41) is 4.74. The van der Waals surface area contributed by atoms with Crippen molar-refractivity contribution in [3.05, 3.63) is 56.4 Å². The van der Waals surface area contributed by atoms with Crippen molar-refractivity contribution in [2.75, 3.05) is 0 Å². The van der Waals surface area contributed by atoms with Crippen LogP contribution in [0.15, 0.2) is 39.5 Å². The summed E-state index contributed by atoms with van der Waals surface area (Å²) in [6, 6.07) is 7.43. The van der Waals surface area contributed by atoms with E-state index in [4.69, 9.17) is 0 Å². The molecule has 0 aliphatic rings. The van der Waals surface area contributed by atoms with E-state index in [0.717, 1.165) is 9.35 Å². The van der Waals surface area contributed by atoms with Gasteiger partial charge in [-0.3, -0.25) is 4.79 Å². The molecular formula is C12H9BrFNOS. The summed E-state index contributed by atoms with van der Waals surface area (Å²) in [4.78, 5) is 11.7. The van der Waals surface area contributed by atoms with Crippen LogP contribution < -0.4 is 5.32 Å². The predicted molar refractivity (Wildman–Crippen MR) is 69.6 cm³/mol. The second-order valence-electron chi connectivity index (χ2n) is 3.45. The van der Waals surface area contributed by atoms with Gasteiger partial charge >= 0.3 is 0 Å². The van der Waals surface area contributed by atoms with Crippen molar-refractivity contribution in [3.8, 4) is 0 Å². The second-order valence-corrected chi connectivity index (χ2v) is 5.74. The van der Waals surface area contributed by atoms with Gasteiger partial charge in [-0.15, -0.1) is 11.3 Å². The van der Waals surface area contributed by atoms with Crippen molar-refractivity contribution in [3.63, 3.8) is 0 Å². The minimum absolute atomic E-state index is 0.202. The molecule has 0 aliphatic carbocycles. The molecule has 0 atom stereocenters. The van der Waals surface area contributed by atoms with E-state index in [9.17, 15) is 9.18 Å². The first-order chi connectivity index (χ1) is 8.15. The zero-order chi connectivity index (χ0) is 12.3. The number of rotatable bonds is 3. The first-order valence-corrected chi connectivity index (χ1v) is 6.59. The zero-order valence-corrected chi connectivity index (χ0v) is 11.1. The third-order valence-corrected chi connectivity index (χ3v) is 3.73. The number of carbonyl (C=O) groups is 1. The Labute approximate surface area is 111 Å². The average molecular weight is 314 g/mol. The molecule has 5 heteroatoms. The fourth-order valence-corrected chi connectivity index (χ4v) is 2.53. The Morgan fingerprint density at radius 2 is 2.06 bits per heavy atom. The van der Waals surface area contributed by atoms with E-state index >= 15 is 0 Å². The molecule has 0 saturated heterocycles. The summed E-state index contributed by atoms with van der Waals surface area (Å²) in [7, 11) is 0. The highest BCUT2D eigenvalue weighted by Gasteiger charge is 2.05. The molecular weight excluding hydrogens is 305 g/mol. The molecule has 1 aromatic carbocycles. The lowest BCUT2D eigenvalue weighted by Crippen LogP contribution is -2.22. The van der Waals surface area contributed by atoms with Crippen LogP contribution >= 0.6 is 27.3 Å². The van der Waals surface area contributed by atoms with Gasteiger partial charge in [0.25, 0.3) is 5.91 Å². The van der Waals surface area contributed by atoms with Crippen molar-refractivity contribution in [1.29, 1.82) is 0 Å². The van der Waals surface area contributed by atoms with Crippen molar-refractivity contribution < 1.29 is 9.18 Å². The van der Waals surface area contributed by atoms with Crippen LogP contribution in [-0.2, 0) is 6.54 Å². The van der Waals surface area contributed by atoms with Crippen LogP contribution in [0.2, 0.25) is 0 Å². The standard InChI is InChI=1S/C12H9BrFNOS/c13-11-5-8(7-17-11)6-15-12(16)9-1-3-10(14)4-2-9/h1-5,7H,6H2,(H,15,16). The number of amides is 1. The van der Waals surface area contributed by atoms with E-state index in [1.54, 1.807) is 11.3 Å². The second kappa shape index (κ2) is 5.42. The molecule has 2 aromatic rings. The topological polar surface area (TPSA) is 29.1 Å². The molecule has 17 heavy (non-hydrogen) atoms. The maximum atomic E-state index is 12.7. The normalized spacial score (nSPS) is 10.2. The van der Waals surface area contributed by atoms with Gasteiger partial charge in [-0.25, -0.2) is 4.39 Å². The molecule has 0 unspecified atom stereocenters. The smallest absolute Gasteiger partial charge is 0.251 e. The molecule has 0 bridgehead atoms. The average Bonchev–Trinajstić information content (AvgIpc) is 2.73. The van der Waals surface area contributed by atoms with Crippen molar-refractivity contribution >= 4 is 33.2 Å². The monoisotopic (exact) mass is 313 g/mol. The highest BCUT2D eigenvalue weighted by Crippen LogP contribution is 2.20. The van der Waals surface area contributed by atoms with Crippen LogP contribution in [0.5, 0.6) is 0 Å². The Kier molecular flexibility index (Phi) is 3.91. The third-order valence-electron chi connectivity index (χ3n) is 2.18. The largest absolute Gasteiger partial charge is 0.348 e. The lowest BCUT2D eigenvalue weighted by Gasteiger charge is -2.03. The van der Waals surface area contributed by atoms with E-state index in [0.29, 0.717) is 12.1 Å². The summed E-state index contributed by atoms with van der Waals surface area (Å²) < 4.78 is 13.7. The van der Waals surface area contributed by atoms with Crippen LogP contribution in [-0.4, -0.2) is 5.91 Å². The van der Waals surface area contributed by atoms with Gasteiger partial charge in [-0.2, -0.15) is 0 Å². The maximum Gasteiger partial charge on any atom is 0.251 e. The van der Waals surface area contributed by atoms with Gasteiger partial charge in [0.05, 0.1) is 3.79 Å². The quantitative estimate of drug-likeness (QED) is 0.922. The van der Waals surface area contributed by atoms with Gasteiger partial charge in [0.2, 0.25) is 0 Å². The van der Waals surface area contributed by atoms with Crippen LogP contribution in [0.1, 0.15) is 15.9 Å². The van der Waals surface area contributed by atoms with Crippen LogP contribution in [0, 0.1) is 5.82 Å². The summed E-state index contributed by atoms with van der Waals surface area (Å²) in [6.45, 7) is 0.471. The van der Waals surface area contributed by atoms with Crippen molar-refractivity contribution in [2.24, 2.45) is 0 Å². The summed E-state index contributed by atoms with van der Waals surface area (Å²) >= 11 is 4.93. The fraction of sp³-hybridized carbons (Fsp3) is 0.0833. The first-order valence-electron chi connectivity index (χ1n) is 4.92. The summed E-state index contributed by atoms with van der Waals surface area (Å²) in [5.41, 5.74) is 1.50. The van der Waals surface area contributed by atoms with E-state index in [2.05, 4.69) is 21.2 Å². The van der Waals surface area contributed by atoms with Gasteiger partial charge < -0.3 is 5.32 Å². The van der Waals surface area contributed by atoms with Crippen LogP contribution in [0.25, 0.3) is 0 Å². The lowest BCUT2D eigenvalue weighted by molar-refractivity contribution is 0.0951. The molecule has 1 heterocycles. The van der Waals surface area contributed by atoms with Gasteiger partial charge in [0.15, 0.2) is 0 Å². The molecule has 1 aromatic heterocycles. The molecule has 1 N–H and O–H groups in total. The number of hydrogen-bond acceptors (Lipinski definition) is 2. The van der Waals surface area contributed by atoms with E-state index in [-0.39, 0.29) is 11.7 Å². The third kappa shape index (κ3) is 3.38. The van der Waals surface area contributed by atoms with Crippen molar-refractivity contribution in [1.82, 2.24) is 5.32 Å². The van der Waals surface area contributed by atoms with E-state index in [1.807, 2.05) is 11.4 Å². The minimum Gasteiger partial charge on any atom is -0.348 e. The molecule has 1 amide bonds. The Balaban J connectivity index is 1.95. The Morgan fingerprint density at radius 1 is 1.35 bits per heavy atom. The minimum atomic E-state index is -0.344. The van der Waals surface area contributed by atoms with Crippen LogP contribution in [0.3, 0.4) is 0 Å². The van der Waals surface area contributed by atoms with E-state index < -0.39 is 0 Å². The zero-order valence-electron chi connectivity index (χ0n) is 8.74. The molecule has 0 fully saturated rings. The van der Waals surface area contributed by atoms with E-state index in [1.165, 1.54) is 24.3 Å². The first kappa shape index (κ1) is 12.3. The lowest BCUT2D eigenvalue weighted by atomic mass is 10.2. The molecule has 0 aliphatic heterocycles. The fourth-order valence-electron chi connectivity index (χ4n) is 1.32. The predicted octanol–water partition coefficient (Wildman–Crippen LogP) is 3.58. The summed E-state index contributed by atoms with van der Waals surface area (Å²) in [5.74, 6) is -0.546. The molecule has 88 valence electrons. The SMILES string of the molecule is O=C(NCc1csc(Br)c1)c1ccc(F)cc1. The number of hydrogen-bond donors (Lipinski definition) is 1. The number of carbonyl (C=O) groups excluding carboxylic acids is 1.